The van der Waals surface area contributed by atoms with E-state index in [4.69, 9.17) is 9.47 Å². The van der Waals surface area contributed by atoms with Crippen LogP contribution in [0.15, 0.2) is 0 Å². The molecule has 0 aromatic rings. The van der Waals surface area contributed by atoms with Crippen molar-refractivity contribution in [2.45, 2.75) is 52.1 Å². The molecule has 0 saturated heterocycles. The average molecular weight is 228 g/mol. The van der Waals surface area contributed by atoms with Crippen molar-refractivity contribution in [2.75, 3.05) is 7.11 Å². The van der Waals surface area contributed by atoms with Crippen LogP contribution in [0.2, 0.25) is 0 Å². The highest BCUT2D eigenvalue weighted by Crippen LogP contribution is 2.45. The molecular formula is C12H20O4. The van der Waals surface area contributed by atoms with Crippen LogP contribution >= 0.6 is 0 Å². The lowest BCUT2D eigenvalue weighted by molar-refractivity contribution is -0.168. The molecule has 0 aromatic heterocycles. The Morgan fingerprint density at radius 3 is 2.62 bits per heavy atom. The fourth-order valence-corrected chi connectivity index (χ4v) is 2.68. The van der Waals surface area contributed by atoms with E-state index in [1.165, 1.54) is 14.0 Å². The maximum Gasteiger partial charge on any atom is 0.315 e. The van der Waals surface area contributed by atoms with E-state index >= 15 is 0 Å². The summed E-state index contributed by atoms with van der Waals surface area (Å²) in [4.78, 5) is 22.9. The molecule has 1 aliphatic rings. The SMILES string of the molecule is CCCC1(C(=O)OC)CCCC1OC(C)=O. The highest BCUT2D eigenvalue weighted by Gasteiger charge is 2.51. The summed E-state index contributed by atoms with van der Waals surface area (Å²) in [6, 6.07) is 0. The number of rotatable bonds is 4. The second-order valence-corrected chi connectivity index (χ2v) is 4.39. The van der Waals surface area contributed by atoms with Crippen LogP contribution in [0.5, 0.6) is 0 Å². The van der Waals surface area contributed by atoms with Gasteiger partial charge < -0.3 is 9.47 Å². The zero-order valence-corrected chi connectivity index (χ0v) is 10.2. The predicted octanol–water partition coefficient (Wildman–Crippen LogP) is 2.06. The Morgan fingerprint density at radius 2 is 2.12 bits per heavy atom. The molecule has 1 fully saturated rings. The lowest BCUT2D eigenvalue weighted by Gasteiger charge is -2.31. The van der Waals surface area contributed by atoms with Gasteiger partial charge in [-0.25, -0.2) is 0 Å². The molecule has 0 aromatic carbocycles. The second-order valence-electron chi connectivity index (χ2n) is 4.39. The smallest absolute Gasteiger partial charge is 0.315 e. The van der Waals surface area contributed by atoms with Crippen LogP contribution in [0, 0.1) is 5.41 Å². The van der Waals surface area contributed by atoms with E-state index in [1.807, 2.05) is 6.92 Å². The Labute approximate surface area is 96.3 Å². The van der Waals surface area contributed by atoms with Crippen molar-refractivity contribution < 1.29 is 19.1 Å². The summed E-state index contributed by atoms with van der Waals surface area (Å²) in [5, 5.41) is 0. The molecule has 0 bridgehead atoms. The minimum absolute atomic E-state index is 0.238. The highest BCUT2D eigenvalue weighted by atomic mass is 16.6. The van der Waals surface area contributed by atoms with Gasteiger partial charge in [-0.3, -0.25) is 9.59 Å². The summed E-state index contributed by atoms with van der Waals surface area (Å²) in [6.07, 6.45) is 3.72. The number of carbonyl (C=O) groups is 2. The van der Waals surface area contributed by atoms with Crippen LogP contribution in [0.3, 0.4) is 0 Å². The molecule has 0 N–H and O–H groups in total. The van der Waals surface area contributed by atoms with E-state index in [0.717, 1.165) is 32.1 Å². The summed E-state index contributed by atoms with van der Waals surface area (Å²) < 4.78 is 10.1. The quantitative estimate of drug-likeness (QED) is 0.691. The molecule has 2 unspecified atom stereocenters. The van der Waals surface area contributed by atoms with Crippen molar-refractivity contribution in [1.82, 2.24) is 0 Å². The third kappa shape index (κ3) is 2.36. The fraction of sp³-hybridized carbons (Fsp3) is 0.833. The standard InChI is InChI=1S/C12H20O4/c1-4-7-12(11(14)15-3)8-5-6-10(12)16-9(2)13/h10H,4-8H2,1-3H3. The first kappa shape index (κ1) is 13.0. The van der Waals surface area contributed by atoms with Gasteiger partial charge in [-0.1, -0.05) is 13.3 Å². The summed E-state index contributed by atoms with van der Waals surface area (Å²) in [5.74, 6) is -0.561. The Kier molecular flexibility index (Phi) is 4.33. The van der Waals surface area contributed by atoms with Crippen LogP contribution in [-0.4, -0.2) is 25.2 Å². The van der Waals surface area contributed by atoms with Crippen molar-refractivity contribution >= 4 is 11.9 Å². The average Bonchev–Trinajstić information content (AvgIpc) is 2.61. The molecule has 1 rings (SSSR count). The fourth-order valence-electron chi connectivity index (χ4n) is 2.68. The number of methoxy groups -OCH3 is 1. The first-order chi connectivity index (χ1) is 7.56. The lowest BCUT2D eigenvalue weighted by atomic mass is 9.79. The van der Waals surface area contributed by atoms with Gasteiger partial charge in [0.25, 0.3) is 0 Å². The number of esters is 2. The van der Waals surface area contributed by atoms with E-state index in [-0.39, 0.29) is 18.0 Å². The van der Waals surface area contributed by atoms with E-state index in [0.29, 0.717) is 0 Å². The van der Waals surface area contributed by atoms with Crippen LogP contribution in [0.25, 0.3) is 0 Å². The molecular weight excluding hydrogens is 208 g/mol. The normalized spacial score (nSPS) is 28.8. The minimum atomic E-state index is -0.602. The zero-order valence-electron chi connectivity index (χ0n) is 10.2. The summed E-state index contributed by atoms with van der Waals surface area (Å²) in [5.41, 5.74) is -0.602. The Morgan fingerprint density at radius 1 is 1.44 bits per heavy atom. The first-order valence-corrected chi connectivity index (χ1v) is 5.82. The third-order valence-corrected chi connectivity index (χ3v) is 3.30. The molecule has 0 aliphatic heterocycles. The van der Waals surface area contributed by atoms with Gasteiger partial charge >= 0.3 is 11.9 Å². The van der Waals surface area contributed by atoms with Crippen molar-refractivity contribution in [3.63, 3.8) is 0 Å². The molecule has 4 nitrogen and oxygen atoms in total. The molecule has 0 amide bonds. The number of carbonyl (C=O) groups excluding carboxylic acids is 2. The number of ether oxygens (including phenoxy) is 2. The molecule has 92 valence electrons. The summed E-state index contributed by atoms with van der Waals surface area (Å²) in [6.45, 7) is 3.40. The molecule has 0 radical (unpaired) electrons. The molecule has 16 heavy (non-hydrogen) atoms. The van der Waals surface area contributed by atoms with Crippen LogP contribution in [0.1, 0.15) is 46.0 Å². The van der Waals surface area contributed by atoms with E-state index in [9.17, 15) is 9.59 Å². The minimum Gasteiger partial charge on any atom is -0.468 e. The Balaban J connectivity index is 2.88. The molecule has 4 heteroatoms. The lowest BCUT2D eigenvalue weighted by Crippen LogP contribution is -2.41. The van der Waals surface area contributed by atoms with Gasteiger partial charge in [-0.15, -0.1) is 0 Å². The monoisotopic (exact) mass is 228 g/mol. The Hall–Kier alpha value is -1.06. The van der Waals surface area contributed by atoms with Gasteiger partial charge in [-0.2, -0.15) is 0 Å². The van der Waals surface area contributed by atoms with E-state index < -0.39 is 5.41 Å². The first-order valence-electron chi connectivity index (χ1n) is 5.82. The summed E-state index contributed by atoms with van der Waals surface area (Å²) >= 11 is 0. The van der Waals surface area contributed by atoms with Gasteiger partial charge in [0.2, 0.25) is 0 Å². The van der Waals surface area contributed by atoms with Crippen molar-refractivity contribution in [3.8, 4) is 0 Å². The second kappa shape index (κ2) is 5.32. The number of hydrogen-bond acceptors (Lipinski definition) is 4. The maximum atomic E-state index is 11.9. The van der Waals surface area contributed by atoms with Crippen LogP contribution in [-0.2, 0) is 19.1 Å². The van der Waals surface area contributed by atoms with Crippen molar-refractivity contribution in [3.05, 3.63) is 0 Å². The molecule has 0 spiro atoms. The van der Waals surface area contributed by atoms with Gasteiger partial charge in [0, 0.05) is 6.92 Å². The van der Waals surface area contributed by atoms with E-state index in [2.05, 4.69) is 0 Å². The predicted molar refractivity (Wildman–Crippen MR) is 58.8 cm³/mol. The zero-order chi connectivity index (χ0) is 12.2. The van der Waals surface area contributed by atoms with Gasteiger partial charge in [0.15, 0.2) is 0 Å². The molecule has 1 saturated carbocycles. The van der Waals surface area contributed by atoms with Gasteiger partial charge in [0.1, 0.15) is 11.5 Å². The molecule has 1 aliphatic carbocycles. The highest BCUT2D eigenvalue weighted by molar-refractivity contribution is 5.78. The topological polar surface area (TPSA) is 52.6 Å². The largest absolute Gasteiger partial charge is 0.468 e. The van der Waals surface area contributed by atoms with E-state index in [1.54, 1.807) is 0 Å². The van der Waals surface area contributed by atoms with Crippen molar-refractivity contribution in [2.24, 2.45) is 5.41 Å². The third-order valence-electron chi connectivity index (χ3n) is 3.30. The van der Waals surface area contributed by atoms with Gasteiger partial charge in [-0.05, 0) is 25.7 Å². The van der Waals surface area contributed by atoms with Gasteiger partial charge in [0.05, 0.1) is 7.11 Å². The van der Waals surface area contributed by atoms with Crippen LogP contribution < -0.4 is 0 Å². The molecule has 0 heterocycles. The van der Waals surface area contributed by atoms with Crippen LogP contribution in [0.4, 0.5) is 0 Å². The summed E-state index contributed by atoms with van der Waals surface area (Å²) in [7, 11) is 1.39. The molecule has 2 atom stereocenters. The number of hydrogen-bond donors (Lipinski definition) is 0. The van der Waals surface area contributed by atoms with Crippen molar-refractivity contribution in [1.29, 1.82) is 0 Å². The Bertz CT molecular complexity index is 274. The maximum absolute atomic E-state index is 11.9.